The monoisotopic (exact) mass is 250 g/mol. The van der Waals surface area contributed by atoms with Gasteiger partial charge in [-0.2, -0.15) is 17.4 Å². The van der Waals surface area contributed by atoms with Gasteiger partial charge in [-0.3, -0.25) is 0 Å². The van der Waals surface area contributed by atoms with Gasteiger partial charge in [-0.1, -0.05) is 13.3 Å². The lowest BCUT2D eigenvalue weighted by atomic mass is 10.1. The van der Waals surface area contributed by atoms with Crippen molar-refractivity contribution in [3.8, 4) is 0 Å². The first kappa shape index (κ1) is 13.9. The van der Waals surface area contributed by atoms with Crippen LogP contribution in [0.2, 0.25) is 0 Å². The van der Waals surface area contributed by atoms with Gasteiger partial charge in [0.05, 0.1) is 0 Å². The Kier molecular flexibility index (Phi) is 5.17. The van der Waals surface area contributed by atoms with Crippen molar-refractivity contribution >= 4 is 10.2 Å². The molecule has 6 heteroatoms. The van der Waals surface area contributed by atoms with Crippen molar-refractivity contribution in [2.75, 3.05) is 20.2 Å². The van der Waals surface area contributed by atoms with E-state index < -0.39 is 10.2 Å². The maximum Gasteiger partial charge on any atom is 0.279 e. The molecule has 2 N–H and O–H groups in total. The second-order valence-corrected chi connectivity index (χ2v) is 6.35. The highest BCUT2D eigenvalue weighted by Gasteiger charge is 2.29. The van der Waals surface area contributed by atoms with Crippen LogP contribution in [-0.4, -0.2) is 44.1 Å². The summed E-state index contributed by atoms with van der Waals surface area (Å²) in [4.78, 5) is 0. The third kappa shape index (κ3) is 3.69. The summed E-state index contributed by atoms with van der Waals surface area (Å²) in [6.07, 6.45) is 3.58. The second-order valence-electron chi connectivity index (χ2n) is 4.54. The minimum Gasteiger partial charge on any atom is -0.396 e. The van der Waals surface area contributed by atoms with Crippen LogP contribution in [0, 0.1) is 5.92 Å². The minimum absolute atomic E-state index is 0.0136. The number of aliphatic hydroxyl groups excluding tert-OH is 1. The molecule has 0 amide bonds. The van der Waals surface area contributed by atoms with Crippen molar-refractivity contribution < 1.29 is 13.5 Å². The topological polar surface area (TPSA) is 69.6 Å². The third-order valence-electron chi connectivity index (χ3n) is 3.20. The van der Waals surface area contributed by atoms with E-state index in [1.165, 1.54) is 11.4 Å². The average Bonchev–Trinajstić information content (AvgIpc) is 2.60. The van der Waals surface area contributed by atoms with Crippen LogP contribution in [0.3, 0.4) is 0 Å². The van der Waals surface area contributed by atoms with Crippen molar-refractivity contribution in [3.63, 3.8) is 0 Å². The van der Waals surface area contributed by atoms with Crippen LogP contribution in [0.25, 0.3) is 0 Å². The molecule has 0 spiro atoms. The molecule has 1 aliphatic rings. The molecule has 2 atom stereocenters. The van der Waals surface area contributed by atoms with E-state index in [0.717, 1.165) is 19.3 Å². The van der Waals surface area contributed by atoms with Crippen LogP contribution in [-0.2, 0) is 10.2 Å². The van der Waals surface area contributed by atoms with Gasteiger partial charge in [0.1, 0.15) is 0 Å². The zero-order valence-electron chi connectivity index (χ0n) is 10.0. The Hall–Kier alpha value is -0.170. The van der Waals surface area contributed by atoms with Crippen molar-refractivity contribution in [1.29, 1.82) is 0 Å². The lowest BCUT2D eigenvalue weighted by Gasteiger charge is -2.22. The largest absolute Gasteiger partial charge is 0.396 e. The van der Waals surface area contributed by atoms with Crippen molar-refractivity contribution in [1.82, 2.24) is 9.03 Å². The molecule has 16 heavy (non-hydrogen) atoms. The van der Waals surface area contributed by atoms with Gasteiger partial charge in [0.15, 0.2) is 0 Å². The standard InChI is InChI=1S/C10H22N2O3S/c1-9-5-3-6-10(9)11-16(14,15)12(2)7-4-8-13/h9-11,13H,3-8H2,1-2H3. The second kappa shape index (κ2) is 5.95. The van der Waals surface area contributed by atoms with Gasteiger partial charge in [0, 0.05) is 26.2 Å². The summed E-state index contributed by atoms with van der Waals surface area (Å²) in [7, 11) is -1.84. The van der Waals surface area contributed by atoms with E-state index >= 15 is 0 Å². The van der Waals surface area contributed by atoms with Gasteiger partial charge < -0.3 is 5.11 Å². The molecule has 1 rings (SSSR count). The molecule has 0 aliphatic heterocycles. The number of nitrogens with one attached hydrogen (secondary N) is 1. The summed E-state index contributed by atoms with van der Waals surface area (Å²) < 4.78 is 27.7. The van der Waals surface area contributed by atoms with E-state index in [2.05, 4.69) is 11.6 Å². The summed E-state index contributed by atoms with van der Waals surface area (Å²) in [5.74, 6) is 0.418. The average molecular weight is 250 g/mol. The highest BCUT2D eigenvalue weighted by Crippen LogP contribution is 2.25. The lowest BCUT2D eigenvalue weighted by molar-refractivity contribution is 0.274. The van der Waals surface area contributed by atoms with E-state index in [0.29, 0.717) is 18.9 Å². The first-order chi connectivity index (χ1) is 7.47. The Balaban J connectivity index is 2.50. The first-order valence-electron chi connectivity index (χ1n) is 5.82. The Morgan fingerprint density at radius 1 is 1.44 bits per heavy atom. The molecule has 0 saturated heterocycles. The maximum atomic E-state index is 11.9. The van der Waals surface area contributed by atoms with Gasteiger partial charge in [-0.05, 0) is 25.2 Å². The van der Waals surface area contributed by atoms with E-state index in [4.69, 9.17) is 5.11 Å². The van der Waals surface area contributed by atoms with Gasteiger partial charge >= 0.3 is 0 Å². The molecule has 1 aliphatic carbocycles. The van der Waals surface area contributed by atoms with Crippen LogP contribution < -0.4 is 4.72 Å². The van der Waals surface area contributed by atoms with Crippen LogP contribution in [0.1, 0.15) is 32.6 Å². The molecule has 1 fully saturated rings. The maximum absolute atomic E-state index is 11.9. The highest BCUT2D eigenvalue weighted by molar-refractivity contribution is 7.87. The number of aliphatic hydroxyl groups is 1. The molecule has 0 bridgehead atoms. The molecule has 0 radical (unpaired) electrons. The highest BCUT2D eigenvalue weighted by atomic mass is 32.2. The number of hydrogen-bond acceptors (Lipinski definition) is 3. The quantitative estimate of drug-likeness (QED) is 0.713. The van der Waals surface area contributed by atoms with Gasteiger partial charge in [0.2, 0.25) is 0 Å². The molecule has 96 valence electrons. The van der Waals surface area contributed by atoms with E-state index in [9.17, 15) is 8.42 Å². The van der Waals surface area contributed by atoms with Gasteiger partial charge in [-0.25, -0.2) is 0 Å². The third-order valence-corrected chi connectivity index (χ3v) is 4.81. The van der Waals surface area contributed by atoms with Crippen molar-refractivity contribution in [2.24, 2.45) is 5.92 Å². The van der Waals surface area contributed by atoms with E-state index in [1.807, 2.05) is 0 Å². The van der Waals surface area contributed by atoms with Crippen LogP contribution in [0.5, 0.6) is 0 Å². The summed E-state index contributed by atoms with van der Waals surface area (Å²) in [5.41, 5.74) is 0. The Bertz CT molecular complexity index is 305. The Labute approximate surface area is 98.0 Å². The summed E-state index contributed by atoms with van der Waals surface area (Å²) in [5, 5.41) is 8.67. The first-order valence-corrected chi connectivity index (χ1v) is 7.26. The molecule has 1 saturated carbocycles. The summed E-state index contributed by atoms with van der Waals surface area (Å²) in [6, 6.07) is 0.0709. The number of hydrogen-bond donors (Lipinski definition) is 2. The molecule has 0 heterocycles. The number of nitrogens with zero attached hydrogens (tertiary/aromatic N) is 1. The number of rotatable bonds is 6. The smallest absolute Gasteiger partial charge is 0.279 e. The predicted molar refractivity (Wildman–Crippen MR) is 63.2 cm³/mol. The zero-order chi connectivity index (χ0) is 12.2. The Morgan fingerprint density at radius 2 is 2.12 bits per heavy atom. The van der Waals surface area contributed by atoms with Crippen LogP contribution in [0.15, 0.2) is 0 Å². The van der Waals surface area contributed by atoms with Gasteiger partial charge in [-0.15, -0.1) is 0 Å². The fraction of sp³-hybridized carbons (Fsp3) is 1.00. The molecule has 0 aromatic rings. The van der Waals surface area contributed by atoms with Crippen LogP contribution >= 0.6 is 0 Å². The molecular weight excluding hydrogens is 228 g/mol. The van der Waals surface area contributed by atoms with Crippen LogP contribution in [0.4, 0.5) is 0 Å². The lowest BCUT2D eigenvalue weighted by Crippen LogP contribution is -2.45. The van der Waals surface area contributed by atoms with Crippen molar-refractivity contribution in [3.05, 3.63) is 0 Å². The summed E-state index contributed by atoms with van der Waals surface area (Å²) >= 11 is 0. The zero-order valence-corrected chi connectivity index (χ0v) is 10.8. The summed E-state index contributed by atoms with van der Waals surface area (Å²) in [6.45, 7) is 2.44. The molecular formula is C10H22N2O3S. The molecule has 0 aromatic heterocycles. The Morgan fingerprint density at radius 3 is 2.62 bits per heavy atom. The minimum atomic E-state index is -3.38. The fourth-order valence-electron chi connectivity index (χ4n) is 2.02. The molecule has 2 unspecified atom stereocenters. The van der Waals surface area contributed by atoms with E-state index in [-0.39, 0.29) is 12.6 Å². The van der Waals surface area contributed by atoms with E-state index in [1.54, 1.807) is 0 Å². The van der Waals surface area contributed by atoms with Crippen molar-refractivity contribution in [2.45, 2.75) is 38.6 Å². The molecule has 5 nitrogen and oxygen atoms in total. The normalized spacial score (nSPS) is 26.5. The molecule has 0 aromatic carbocycles. The van der Waals surface area contributed by atoms with Gasteiger partial charge in [0.25, 0.3) is 10.2 Å². The predicted octanol–water partition coefficient (Wildman–Crippen LogP) is 0.324. The SMILES string of the molecule is CC1CCCC1NS(=O)(=O)N(C)CCCO. The fourth-order valence-corrected chi connectivity index (χ4v) is 3.30.